The first-order valence-electron chi connectivity index (χ1n) is 10.4. The first-order chi connectivity index (χ1) is 14.7. The molecule has 7 heteroatoms. The van der Waals surface area contributed by atoms with Crippen molar-refractivity contribution in [3.8, 4) is 0 Å². The zero-order valence-corrected chi connectivity index (χ0v) is 17.0. The van der Waals surface area contributed by atoms with Gasteiger partial charge in [0.05, 0.1) is 17.2 Å². The number of amides is 1. The van der Waals surface area contributed by atoms with E-state index in [0.717, 1.165) is 39.3 Å². The molecule has 0 aliphatic carbocycles. The minimum atomic E-state index is -0.190. The van der Waals surface area contributed by atoms with Crippen LogP contribution in [0.1, 0.15) is 5.56 Å². The van der Waals surface area contributed by atoms with E-state index in [9.17, 15) is 9.59 Å². The second-order valence-corrected chi connectivity index (χ2v) is 7.65. The first kappa shape index (κ1) is 20.3. The van der Waals surface area contributed by atoms with Crippen LogP contribution in [0.15, 0.2) is 65.7 Å². The lowest BCUT2D eigenvalue weighted by molar-refractivity contribution is -0.121. The molecule has 4 rings (SSSR count). The van der Waals surface area contributed by atoms with Gasteiger partial charge >= 0.3 is 0 Å². The van der Waals surface area contributed by atoms with Crippen LogP contribution in [0.2, 0.25) is 0 Å². The van der Waals surface area contributed by atoms with E-state index in [1.54, 1.807) is 18.2 Å². The van der Waals surface area contributed by atoms with Crippen LogP contribution in [-0.2, 0) is 17.9 Å². The Kier molecular flexibility index (Phi) is 6.51. The summed E-state index contributed by atoms with van der Waals surface area (Å²) >= 11 is 0. The lowest BCUT2D eigenvalue weighted by Crippen LogP contribution is -2.48. The molecule has 0 atom stereocenters. The molecular weight excluding hydrogens is 378 g/mol. The molecule has 0 radical (unpaired) electrons. The number of hydrogen-bond acceptors (Lipinski definition) is 5. The Balaban J connectivity index is 1.19. The van der Waals surface area contributed by atoms with Gasteiger partial charge in [0, 0.05) is 45.8 Å². The third kappa shape index (κ3) is 5.11. The van der Waals surface area contributed by atoms with Gasteiger partial charge in [0.15, 0.2) is 0 Å². The number of carbonyl (C=O) groups is 1. The van der Waals surface area contributed by atoms with Gasteiger partial charge in [-0.05, 0) is 17.7 Å². The van der Waals surface area contributed by atoms with Crippen molar-refractivity contribution < 1.29 is 4.79 Å². The number of carbonyl (C=O) groups excluding carboxylic acids is 1. The van der Waals surface area contributed by atoms with Crippen LogP contribution >= 0.6 is 0 Å². The van der Waals surface area contributed by atoms with E-state index in [-0.39, 0.29) is 18.0 Å². The average Bonchev–Trinajstić information content (AvgIpc) is 2.78. The number of rotatable bonds is 7. The van der Waals surface area contributed by atoms with Crippen LogP contribution in [0.3, 0.4) is 0 Å². The van der Waals surface area contributed by atoms with Crippen molar-refractivity contribution in [2.24, 2.45) is 0 Å². The first-order valence-corrected chi connectivity index (χ1v) is 10.4. The van der Waals surface area contributed by atoms with Crippen LogP contribution in [0, 0.1) is 0 Å². The van der Waals surface area contributed by atoms with Gasteiger partial charge in [-0.3, -0.25) is 24.0 Å². The molecule has 2 heterocycles. The Hall–Kier alpha value is -3.03. The van der Waals surface area contributed by atoms with Gasteiger partial charge in [-0.2, -0.15) is 0 Å². The second-order valence-electron chi connectivity index (χ2n) is 7.65. The Morgan fingerprint density at radius 2 is 1.63 bits per heavy atom. The van der Waals surface area contributed by atoms with Crippen molar-refractivity contribution in [1.82, 2.24) is 24.7 Å². The highest BCUT2D eigenvalue weighted by Crippen LogP contribution is 2.08. The summed E-state index contributed by atoms with van der Waals surface area (Å²) in [7, 11) is 0. The van der Waals surface area contributed by atoms with Gasteiger partial charge < -0.3 is 5.32 Å². The summed E-state index contributed by atoms with van der Waals surface area (Å²) in [5.74, 6) is -0.170. The van der Waals surface area contributed by atoms with Gasteiger partial charge in [-0.1, -0.05) is 42.5 Å². The SMILES string of the molecule is O=C(Cn1cnc2ccccc2c1=O)NCCN1CCN(Cc2ccccc2)CC1. The summed E-state index contributed by atoms with van der Waals surface area (Å²) in [6.45, 7) is 6.42. The fourth-order valence-electron chi connectivity index (χ4n) is 3.80. The fourth-order valence-corrected chi connectivity index (χ4v) is 3.80. The van der Waals surface area contributed by atoms with Crippen molar-refractivity contribution in [2.45, 2.75) is 13.1 Å². The number of para-hydroxylation sites is 1. The number of aromatic nitrogens is 2. The van der Waals surface area contributed by atoms with E-state index in [1.165, 1.54) is 16.5 Å². The summed E-state index contributed by atoms with van der Waals surface area (Å²) < 4.78 is 1.36. The summed E-state index contributed by atoms with van der Waals surface area (Å²) in [6.07, 6.45) is 1.44. The Bertz CT molecular complexity index is 1040. The minimum absolute atomic E-state index is 0.0124. The van der Waals surface area contributed by atoms with E-state index in [0.29, 0.717) is 17.4 Å². The molecule has 1 aromatic heterocycles. The molecule has 1 amide bonds. The van der Waals surface area contributed by atoms with Crippen LogP contribution in [0.25, 0.3) is 10.9 Å². The number of benzene rings is 2. The topological polar surface area (TPSA) is 70.5 Å². The molecule has 1 fully saturated rings. The van der Waals surface area contributed by atoms with E-state index in [4.69, 9.17) is 0 Å². The number of nitrogens with zero attached hydrogens (tertiary/aromatic N) is 4. The highest BCUT2D eigenvalue weighted by atomic mass is 16.2. The molecule has 0 spiro atoms. The van der Waals surface area contributed by atoms with E-state index < -0.39 is 0 Å². The van der Waals surface area contributed by atoms with E-state index >= 15 is 0 Å². The lowest BCUT2D eigenvalue weighted by Gasteiger charge is -2.34. The van der Waals surface area contributed by atoms with E-state index in [2.05, 4.69) is 44.4 Å². The summed E-state index contributed by atoms with van der Waals surface area (Å²) in [6, 6.07) is 17.7. The molecule has 1 saturated heterocycles. The summed E-state index contributed by atoms with van der Waals surface area (Å²) in [5, 5.41) is 3.45. The largest absolute Gasteiger partial charge is 0.353 e. The Morgan fingerprint density at radius 3 is 2.43 bits per heavy atom. The monoisotopic (exact) mass is 405 g/mol. The third-order valence-corrected chi connectivity index (χ3v) is 5.51. The maximum atomic E-state index is 12.5. The number of piperazine rings is 1. The molecule has 0 saturated carbocycles. The van der Waals surface area contributed by atoms with Crippen LogP contribution in [0.4, 0.5) is 0 Å². The van der Waals surface area contributed by atoms with E-state index in [1.807, 2.05) is 12.1 Å². The van der Waals surface area contributed by atoms with Crippen LogP contribution in [-0.4, -0.2) is 64.5 Å². The van der Waals surface area contributed by atoms with Crippen molar-refractivity contribution >= 4 is 16.8 Å². The Labute approximate surface area is 175 Å². The molecule has 3 aromatic rings. The molecule has 0 bridgehead atoms. The highest BCUT2D eigenvalue weighted by Gasteiger charge is 2.17. The predicted octanol–water partition coefficient (Wildman–Crippen LogP) is 1.33. The van der Waals surface area contributed by atoms with Crippen molar-refractivity contribution in [3.05, 3.63) is 76.8 Å². The number of nitrogens with one attached hydrogen (secondary N) is 1. The number of fused-ring (bicyclic) bond motifs is 1. The standard InChI is InChI=1S/C23H27N5O2/c29-22(17-28-18-25-21-9-5-4-8-20(21)23(28)30)24-10-11-26-12-14-27(15-13-26)16-19-6-2-1-3-7-19/h1-9,18H,10-17H2,(H,24,29). The molecule has 30 heavy (non-hydrogen) atoms. The summed E-state index contributed by atoms with van der Waals surface area (Å²) in [5.41, 5.74) is 1.80. The predicted molar refractivity (Wildman–Crippen MR) is 117 cm³/mol. The maximum absolute atomic E-state index is 12.5. The van der Waals surface area contributed by atoms with Gasteiger partial charge in [-0.25, -0.2) is 4.98 Å². The normalized spacial score (nSPS) is 15.3. The minimum Gasteiger partial charge on any atom is -0.353 e. The van der Waals surface area contributed by atoms with Gasteiger partial charge in [-0.15, -0.1) is 0 Å². The molecule has 0 unspecified atom stereocenters. The summed E-state index contributed by atoms with van der Waals surface area (Å²) in [4.78, 5) is 33.8. The average molecular weight is 406 g/mol. The molecule has 1 N–H and O–H groups in total. The van der Waals surface area contributed by atoms with Crippen LogP contribution in [0.5, 0.6) is 0 Å². The van der Waals surface area contributed by atoms with Gasteiger partial charge in [0.2, 0.25) is 5.91 Å². The Morgan fingerprint density at radius 1 is 0.933 bits per heavy atom. The molecule has 2 aromatic carbocycles. The van der Waals surface area contributed by atoms with Crippen LogP contribution < -0.4 is 10.9 Å². The molecule has 1 aliphatic rings. The molecule has 1 aliphatic heterocycles. The van der Waals surface area contributed by atoms with Crippen molar-refractivity contribution in [3.63, 3.8) is 0 Å². The van der Waals surface area contributed by atoms with Gasteiger partial charge in [0.1, 0.15) is 6.54 Å². The fraction of sp³-hybridized carbons (Fsp3) is 0.348. The third-order valence-electron chi connectivity index (χ3n) is 5.51. The zero-order chi connectivity index (χ0) is 20.8. The molecule has 7 nitrogen and oxygen atoms in total. The second kappa shape index (κ2) is 9.65. The zero-order valence-electron chi connectivity index (χ0n) is 17.0. The number of hydrogen-bond donors (Lipinski definition) is 1. The van der Waals surface area contributed by atoms with Crippen molar-refractivity contribution in [2.75, 3.05) is 39.3 Å². The quantitative estimate of drug-likeness (QED) is 0.642. The maximum Gasteiger partial charge on any atom is 0.261 e. The highest BCUT2D eigenvalue weighted by molar-refractivity contribution is 5.78. The smallest absolute Gasteiger partial charge is 0.261 e. The van der Waals surface area contributed by atoms with Crippen molar-refractivity contribution in [1.29, 1.82) is 0 Å². The molecular formula is C23H27N5O2. The van der Waals surface area contributed by atoms with Gasteiger partial charge in [0.25, 0.3) is 5.56 Å². The lowest BCUT2D eigenvalue weighted by atomic mass is 10.2. The molecule has 156 valence electrons.